The van der Waals surface area contributed by atoms with Gasteiger partial charge in [-0.1, -0.05) is 12.1 Å². The molecule has 2 aromatic rings. The Hall–Kier alpha value is -3.41. The number of phenolic OH excluding ortho intramolecular Hbond substituents is 1. The second kappa shape index (κ2) is 7.91. The third-order valence-corrected chi connectivity index (χ3v) is 4.59. The van der Waals surface area contributed by atoms with Gasteiger partial charge in [0.05, 0.1) is 26.9 Å². The number of aromatic hydroxyl groups is 1. The maximum absolute atomic E-state index is 12.9. The summed E-state index contributed by atoms with van der Waals surface area (Å²) in [6, 6.07) is 6.93. The molecule has 0 fully saturated rings. The topological polar surface area (TPSA) is 74.2 Å². The predicted octanol–water partition coefficient (Wildman–Crippen LogP) is 4.50. The van der Waals surface area contributed by atoms with Crippen molar-refractivity contribution in [2.75, 3.05) is 21.3 Å². The molecular formula is C23H24O6. The molecule has 1 aliphatic heterocycles. The molecule has 0 spiro atoms. The van der Waals surface area contributed by atoms with Crippen LogP contribution in [-0.4, -0.2) is 37.8 Å². The fourth-order valence-corrected chi connectivity index (χ4v) is 3.09. The smallest absolute Gasteiger partial charge is 0.193 e. The monoisotopic (exact) mass is 396 g/mol. The number of allylic oxidation sites excluding steroid dienone is 1. The summed E-state index contributed by atoms with van der Waals surface area (Å²) < 4.78 is 21.7. The number of carbonyl (C=O) groups is 1. The summed E-state index contributed by atoms with van der Waals surface area (Å²) >= 11 is 0. The Morgan fingerprint density at radius 3 is 2.38 bits per heavy atom. The van der Waals surface area contributed by atoms with Gasteiger partial charge in [-0.15, -0.1) is 0 Å². The van der Waals surface area contributed by atoms with Crippen molar-refractivity contribution in [3.63, 3.8) is 0 Å². The largest absolute Gasteiger partial charge is 0.506 e. The van der Waals surface area contributed by atoms with Gasteiger partial charge in [0.1, 0.15) is 28.4 Å². The number of hydrogen-bond donors (Lipinski definition) is 1. The van der Waals surface area contributed by atoms with Crippen LogP contribution in [0, 0.1) is 0 Å². The van der Waals surface area contributed by atoms with Gasteiger partial charge in [-0.3, -0.25) is 4.79 Å². The van der Waals surface area contributed by atoms with Gasteiger partial charge in [-0.25, -0.2) is 0 Å². The number of methoxy groups -OCH3 is 3. The van der Waals surface area contributed by atoms with Crippen LogP contribution >= 0.6 is 0 Å². The lowest BCUT2D eigenvalue weighted by atomic mass is 9.97. The van der Waals surface area contributed by atoms with E-state index in [0.29, 0.717) is 22.8 Å². The molecule has 0 amide bonds. The Balaban J connectivity index is 1.96. The number of rotatable bonds is 6. The second-order valence-electron chi connectivity index (χ2n) is 7.07. The number of carbonyl (C=O) groups excluding carboxylic acids is 1. The molecule has 0 unspecified atom stereocenters. The minimum atomic E-state index is -0.511. The molecule has 0 radical (unpaired) electrons. The van der Waals surface area contributed by atoms with Gasteiger partial charge >= 0.3 is 0 Å². The van der Waals surface area contributed by atoms with Crippen molar-refractivity contribution in [1.82, 2.24) is 0 Å². The third kappa shape index (κ3) is 4.06. The van der Waals surface area contributed by atoms with Gasteiger partial charge in [-0.2, -0.15) is 0 Å². The molecule has 1 aliphatic rings. The molecule has 0 bridgehead atoms. The van der Waals surface area contributed by atoms with Crippen molar-refractivity contribution in [2.24, 2.45) is 0 Å². The highest BCUT2D eigenvalue weighted by Gasteiger charge is 2.28. The lowest BCUT2D eigenvalue weighted by Gasteiger charge is -2.29. The van der Waals surface area contributed by atoms with Crippen molar-refractivity contribution >= 4 is 17.9 Å². The summed E-state index contributed by atoms with van der Waals surface area (Å²) in [5, 5.41) is 10.7. The predicted molar refractivity (Wildman–Crippen MR) is 111 cm³/mol. The van der Waals surface area contributed by atoms with Crippen LogP contribution < -0.4 is 18.9 Å². The fraction of sp³-hybridized carbons (Fsp3) is 0.261. The molecule has 0 saturated carbocycles. The molecule has 3 rings (SSSR count). The van der Waals surface area contributed by atoms with E-state index in [2.05, 4.69) is 0 Å². The Labute approximate surface area is 170 Å². The van der Waals surface area contributed by atoms with Crippen molar-refractivity contribution in [1.29, 1.82) is 0 Å². The number of phenols is 1. The van der Waals surface area contributed by atoms with E-state index in [1.165, 1.54) is 13.2 Å². The minimum absolute atomic E-state index is 0.0796. The molecule has 0 aromatic heterocycles. The van der Waals surface area contributed by atoms with Crippen molar-refractivity contribution in [3.8, 4) is 28.7 Å². The van der Waals surface area contributed by atoms with Gasteiger partial charge in [0, 0.05) is 6.07 Å². The number of ketones is 1. The van der Waals surface area contributed by atoms with Gasteiger partial charge < -0.3 is 24.1 Å². The molecule has 0 aliphatic carbocycles. The van der Waals surface area contributed by atoms with Crippen molar-refractivity contribution in [3.05, 3.63) is 53.1 Å². The molecule has 1 N–H and O–H groups in total. The SMILES string of the molecule is COc1ccc(C=CC(=O)c2c(OC)cc3c(c2O)C=CC(C)(C)O3)cc1OC. The molecule has 152 valence electrons. The first kappa shape index (κ1) is 20.3. The third-order valence-electron chi connectivity index (χ3n) is 4.59. The van der Waals surface area contributed by atoms with Crippen molar-refractivity contribution < 1.29 is 28.8 Å². The zero-order valence-corrected chi connectivity index (χ0v) is 17.1. The van der Waals surface area contributed by atoms with E-state index in [9.17, 15) is 9.90 Å². The summed E-state index contributed by atoms with van der Waals surface area (Å²) in [5.41, 5.74) is 0.768. The van der Waals surface area contributed by atoms with Crippen LogP contribution in [0.1, 0.15) is 35.3 Å². The molecule has 29 heavy (non-hydrogen) atoms. The molecule has 0 saturated heterocycles. The first-order valence-corrected chi connectivity index (χ1v) is 9.06. The van der Waals surface area contributed by atoms with Crippen LogP contribution in [0.3, 0.4) is 0 Å². The average Bonchev–Trinajstić information content (AvgIpc) is 2.70. The summed E-state index contributed by atoms with van der Waals surface area (Å²) in [4.78, 5) is 12.9. The van der Waals surface area contributed by atoms with E-state index in [1.54, 1.807) is 50.6 Å². The van der Waals surface area contributed by atoms with Crippen LogP contribution in [0.2, 0.25) is 0 Å². The van der Waals surface area contributed by atoms with Crippen LogP contribution in [-0.2, 0) is 0 Å². The molecule has 1 heterocycles. The van der Waals surface area contributed by atoms with Crippen LogP contribution in [0.25, 0.3) is 12.2 Å². The van der Waals surface area contributed by atoms with Crippen LogP contribution in [0.15, 0.2) is 36.4 Å². The van der Waals surface area contributed by atoms with E-state index >= 15 is 0 Å². The Kier molecular flexibility index (Phi) is 5.55. The van der Waals surface area contributed by atoms with E-state index in [1.807, 2.05) is 19.9 Å². The minimum Gasteiger partial charge on any atom is -0.506 e. The highest BCUT2D eigenvalue weighted by molar-refractivity contribution is 6.11. The lowest BCUT2D eigenvalue weighted by Crippen LogP contribution is -2.27. The summed E-state index contributed by atoms with van der Waals surface area (Å²) in [6.45, 7) is 3.81. The molecule has 6 heteroatoms. The number of fused-ring (bicyclic) bond motifs is 1. The lowest BCUT2D eigenvalue weighted by molar-refractivity contribution is 0.104. The second-order valence-corrected chi connectivity index (χ2v) is 7.07. The van der Waals surface area contributed by atoms with E-state index in [-0.39, 0.29) is 17.1 Å². The quantitative estimate of drug-likeness (QED) is 0.573. The van der Waals surface area contributed by atoms with Gasteiger partial charge in [0.25, 0.3) is 0 Å². The average molecular weight is 396 g/mol. The standard InChI is InChI=1S/C23H24O6/c1-23(2)11-10-15-18(29-23)13-20(28-5)21(22(15)25)16(24)8-6-14-7-9-17(26-3)19(12-14)27-4/h6-13,25H,1-5H3. The normalized spacial score (nSPS) is 14.2. The first-order valence-electron chi connectivity index (χ1n) is 9.06. The Morgan fingerprint density at radius 1 is 1.03 bits per heavy atom. The summed E-state index contributed by atoms with van der Waals surface area (Å²) in [7, 11) is 4.55. The Morgan fingerprint density at radius 2 is 1.72 bits per heavy atom. The fourth-order valence-electron chi connectivity index (χ4n) is 3.09. The summed E-state index contributed by atoms with van der Waals surface area (Å²) in [6.07, 6.45) is 6.60. The maximum Gasteiger partial charge on any atom is 0.193 e. The first-order chi connectivity index (χ1) is 13.8. The van der Waals surface area contributed by atoms with Gasteiger partial charge in [-0.05, 0) is 49.8 Å². The van der Waals surface area contributed by atoms with E-state index in [0.717, 1.165) is 5.56 Å². The number of ether oxygens (including phenoxy) is 4. The zero-order valence-electron chi connectivity index (χ0n) is 17.1. The Bertz CT molecular complexity index is 1000. The van der Waals surface area contributed by atoms with Crippen LogP contribution in [0.5, 0.6) is 28.7 Å². The molecule has 6 nitrogen and oxygen atoms in total. The number of hydrogen-bond acceptors (Lipinski definition) is 6. The van der Waals surface area contributed by atoms with Gasteiger partial charge in [0.2, 0.25) is 0 Å². The molecule has 2 aromatic carbocycles. The van der Waals surface area contributed by atoms with E-state index < -0.39 is 11.4 Å². The molecular weight excluding hydrogens is 372 g/mol. The highest BCUT2D eigenvalue weighted by Crippen LogP contribution is 2.43. The zero-order chi connectivity index (χ0) is 21.2. The number of benzene rings is 2. The molecule has 0 atom stereocenters. The van der Waals surface area contributed by atoms with E-state index in [4.69, 9.17) is 18.9 Å². The van der Waals surface area contributed by atoms with Crippen molar-refractivity contribution in [2.45, 2.75) is 19.4 Å². The summed E-state index contributed by atoms with van der Waals surface area (Å²) in [5.74, 6) is 1.30. The van der Waals surface area contributed by atoms with Crippen LogP contribution in [0.4, 0.5) is 0 Å². The maximum atomic E-state index is 12.9. The highest BCUT2D eigenvalue weighted by atomic mass is 16.5. The van der Waals surface area contributed by atoms with Gasteiger partial charge in [0.15, 0.2) is 17.3 Å².